The summed E-state index contributed by atoms with van der Waals surface area (Å²) >= 11 is 1.82. The number of hydrogen-bond acceptors (Lipinski definition) is 4. The van der Waals surface area contributed by atoms with Crippen LogP contribution < -0.4 is 10.6 Å². The molecule has 0 aliphatic carbocycles. The Bertz CT molecular complexity index is 873. The molecular formula is C21H29IN6S. The van der Waals surface area contributed by atoms with E-state index in [4.69, 9.17) is 4.99 Å². The van der Waals surface area contributed by atoms with E-state index in [1.54, 1.807) is 6.20 Å². The number of aromatic nitrogens is 3. The molecule has 0 fully saturated rings. The lowest BCUT2D eigenvalue weighted by Gasteiger charge is -2.15. The molecule has 2 N–H and O–H groups in total. The Morgan fingerprint density at radius 2 is 2.10 bits per heavy atom. The molecule has 3 heterocycles. The standard InChI is InChI=1S/C21H28N6S.HI/c1-4-22-21(25-13-16(2)12-19-6-5-11-28-19)26-15-18-7-8-20(24-14-18)27-10-9-23-17(27)3;/h5-11,14,16H,4,12-13,15H2,1-3H3,(H2,22,25,26);1H. The van der Waals surface area contributed by atoms with Crippen LogP contribution in [0.25, 0.3) is 5.82 Å². The maximum Gasteiger partial charge on any atom is 0.191 e. The maximum atomic E-state index is 4.70. The number of halogens is 1. The van der Waals surface area contributed by atoms with Crippen molar-refractivity contribution in [3.05, 3.63) is 64.5 Å². The van der Waals surface area contributed by atoms with E-state index in [0.717, 1.165) is 42.7 Å². The van der Waals surface area contributed by atoms with Crippen LogP contribution >= 0.6 is 35.3 Å². The SMILES string of the molecule is CCNC(=NCc1ccc(-n2ccnc2C)nc1)NCC(C)Cc1cccs1.I. The van der Waals surface area contributed by atoms with E-state index in [9.17, 15) is 0 Å². The molecule has 156 valence electrons. The van der Waals surface area contributed by atoms with Crippen LogP contribution in [0.4, 0.5) is 0 Å². The summed E-state index contributed by atoms with van der Waals surface area (Å²) in [5.41, 5.74) is 1.07. The third-order valence-corrected chi connectivity index (χ3v) is 5.29. The summed E-state index contributed by atoms with van der Waals surface area (Å²) in [5, 5.41) is 8.91. The minimum atomic E-state index is 0. The highest BCUT2D eigenvalue weighted by Crippen LogP contribution is 2.14. The van der Waals surface area contributed by atoms with Crippen molar-refractivity contribution >= 4 is 41.3 Å². The van der Waals surface area contributed by atoms with Crippen LogP contribution in [-0.4, -0.2) is 33.6 Å². The van der Waals surface area contributed by atoms with Gasteiger partial charge in [-0.1, -0.05) is 19.1 Å². The van der Waals surface area contributed by atoms with Crippen LogP contribution in [0.3, 0.4) is 0 Å². The molecule has 3 aromatic heterocycles. The maximum absolute atomic E-state index is 4.70. The van der Waals surface area contributed by atoms with Gasteiger partial charge in [0.25, 0.3) is 0 Å². The van der Waals surface area contributed by atoms with Crippen LogP contribution in [0.1, 0.15) is 30.1 Å². The number of imidazole rings is 1. The fourth-order valence-electron chi connectivity index (χ4n) is 2.90. The molecule has 0 aliphatic rings. The van der Waals surface area contributed by atoms with E-state index in [2.05, 4.69) is 58.0 Å². The lowest BCUT2D eigenvalue weighted by molar-refractivity contribution is 0.562. The monoisotopic (exact) mass is 524 g/mol. The number of nitrogens with zero attached hydrogens (tertiary/aromatic N) is 4. The quantitative estimate of drug-likeness (QED) is 0.264. The van der Waals surface area contributed by atoms with Gasteiger partial charge in [0.1, 0.15) is 11.6 Å². The van der Waals surface area contributed by atoms with E-state index in [1.807, 2.05) is 41.3 Å². The zero-order valence-corrected chi connectivity index (χ0v) is 20.3. The first-order valence-corrected chi connectivity index (χ1v) is 10.5. The van der Waals surface area contributed by atoms with Gasteiger partial charge < -0.3 is 10.6 Å². The minimum absolute atomic E-state index is 0. The van der Waals surface area contributed by atoms with Crippen LogP contribution in [0.2, 0.25) is 0 Å². The molecule has 3 aromatic rings. The third kappa shape index (κ3) is 7.11. The number of aliphatic imine (C=N–C) groups is 1. The molecule has 29 heavy (non-hydrogen) atoms. The summed E-state index contributed by atoms with van der Waals surface area (Å²) in [5.74, 6) is 3.18. The van der Waals surface area contributed by atoms with Crippen LogP contribution in [0.5, 0.6) is 0 Å². The average molecular weight is 524 g/mol. The van der Waals surface area contributed by atoms with Gasteiger partial charge in [-0.2, -0.15) is 0 Å². The molecule has 3 rings (SSSR count). The van der Waals surface area contributed by atoms with Gasteiger partial charge >= 0.3 is 0 Å². The summed E-state index contributed by atoms with van der Waals surface area (Å²) in [7, 11) is 0. The topological polar surface area (TPSA) is 67.1 Å². The van der Waals surface area contributed by atoms with Crippen molar-refractivity contribution in [3.63, 3.8) is 0 Å². The Balaban J connectivity index is 0.00000300. The van der Waals surface area contributed by atoms with E-state index in [1.165, 1.54) is 4.88 Å². The number of nitrogens with one attached hydrogen (secondary N) is 2. The molecule has 0 radical (unpaired) electrons. The van der Waals surface area contributed by atoms with E-state index in [0.29, 0.717) is 12.5 Å². The van der Waals surface area contributed by atoms with Gasteiger partial charge in [0.2, 0.25) is 0 Å². The summed E-state index contributed by atoms with van der Waals surface area (Å²) in [6.07, 6.45) is 6.66. The zero-order chi connectivity index (χ0) is 19.8. The molecule has 0 saturated carbocycles. The highest BCUT2D eigenvalue weighted by Gasteiger charge is 2.06. The number of aryl methyl sites for hydroxylation is 1. The van der Waals surface area contributed by atoms with Gasteiger partial charge in [-0.3, -0.25) is 4.57 Å². The Morgan fingerprint density at radius 1 is 1.24 bits per heavy atom. The molecule has 0 bridgehead atoms. The highest BCUT2D eigenvalue weighted by atomic mass is 127. The number of rotatable bonds is 8. The fraction of sp³-hybridized carbons (Fsp3) is 0.381. The van der Waals surface area contributed by atoms with E-state index in [-0.39, 0.29) is 24.0 Å². The van der Waals surface area contributed by atoms with Gasteiger partial charge in [-0.25, -0.2) is 15.0 Å². The van der Waals surface area contributed by atoms with Gasteiger partial charge in [-0.05, 0) is 49.3 Å². The van der Waals surface area contributed by atoms with Crippen molar-refractivity contribution in [2.45, 2.75) is 33.7 Å². The molecule has 0 saturated heterocycles. The van der Waals surface area contributed by atoms with E-state index < -0.39 is 0 Å². The van der Waals surface area contributed by atoms with Crippen molar-refractivity contribution in [3.8, 4) is 5.82 Å². The van der Waals surface area contributed by atoms with Crippen molar-refractivity contribution in [1.82, 2.24) is 25.2 Å². The lowest BCUT2D eigenvalue weighted by Crippen LogP contribution is -2.39. The Hall–Kier alpha value is -1.94. The Morgan fingerprint density at radius 3 is 2.72 bits per heavy atom. The third-order valence-electron chi connectivity index (χ3n) is 4.39. The van der Waals surface area contributed by atoms with Crippen LogP contribution in [0.15, 0.2) is 53.2 Å². The molecule has 0 aliphatic heterocycles. The summed E-state index contributed by atoms with van der Waals surface area (Å²) in [6.45, 7) is 8.62. The van der Waals surface area contributed by atoms with E-state index >= 15 is 0 Å². The predicted molar refractivity (Wildman–Crippen MR) is 132 cm³/mol. The summed E-state index contributed by atoms with van der Waals surface area (Å²) in [4.78, 5) is 14.9. The zero-order valence-electron chi connectivity index (χ0n) is 17.1. The summed E-state index contributed by atoms with van der Waals surface area (Å²) in [6, 6.07) is 8.37. The first-order valence-electron chi connectivity index (χ1n) is 9.65. The molecule has 1 atom stereocenters. The molecule has 8 heteroatoms. The smallest absolute Gasteiger partial charge is 0.191 e. The lowest BCUT2D eigenvalue weighted by atomic mass is 10.1. The molecule has 1 unspecified atom stereocenters. The van der Waals surface area contributed by atoms with Crippen molar-refractivity contribution in [2.24, 2.45) is 10.9 Å². The number of thiophene rings is 1. The first-order chi connectivity index (χ1) is 13.7. The number of hydrogen-bond donors (Lipinski definition) is 2. The second-order valence-corrected chi connectivity index (χ2v) is 7.87. The predicted octanol–water partition coefficient (Wildman–Crippen LogP) is 4.19. The molecule has 6 nitrogen and oxygen atoms in total. The second kappa shape index (κ2) is 11.9. The van der Waals surface area contributed by atoms with Crippen molar-refractivity contribution < 1.29 is 0 Å². The minimum Gasteiger partial charge on any atom is -0.357 e. The van der Waals surface area contributed by atoms with Gasteiger partial charge in [-0.15, -0.1) is 35.3 Å². The average Bonchev–Trinajstić information content (AvgIpc) is 3.36. The summed E-state index contributed by atoms with van der Waals surface area (Å²) < 4.78 is 1.97. The van der Waals surface area contributed by atoms with Crippen molar-refractivity contribution in [1.29, 1.82) is 0 Å². The second-order valence-electron chi connectivity index (χ2n) is 6.83. The largest absolute Gasteiger partial charge is 0.357 e. The Kier molecular flexibility index (Phi) is 9.59. The number of pyridine rings is 1. The Labute approximate surface area is 193 Å². The molecule has 0 amide bonds. The van der Waals surface area contributed by atoms with Gasteiger partial charge in [0.15, 0.2) is 5.96 Å². The van der Waals surface area contributed by atoms with Crippen molar-refractivity contribution in [2.75, 3.05) is 13.1 Å². The first kappa shape index (κ1) is 23.3. The fourth-order valence-corrected chi connectivity index (χ4v) is 3.77. The normalized spacial score (nSPS) is 12.3. The van der Waals surface area contributed by atoms with Crippen LogP contribution in [0, 0.1) is 12.8 Å². The molecular weight excluding hydrogens is 495 g/mol. The van der Waals surface area contributed by atoms with Gasteiger partial charge in [0, 0.05) is 36.6 Å². The van der Waals surface area contributed by atoms with Gasteiger partial charge in [0.05, 0.1) is 6.54 Å². The highest BCUT2D eigenvalue weighted by molar-refractivity contribution is 14.0. The molecule has 0 aromatic carbocycles. The molecule has 0 spiro atoms. The number of guanidine groups is 1. The van der Waals surface area contributed by atoms with Crippen LogP contribution in [-0.2, 0) is 13.0 Å².